The number of hydrogen-bond acceptors (Lipinski definition) is 4. The zero-order chi connectivity index (χ0) is 13.7. The van der Waals surface area contributed by atoms with Gasteiger partial charge in [0.25, 0.3) is 0 Å². The van der Waals surface area contributed by atoms with Crippen molar-refractivity contribution in [2.45, 2.75) is 32.0 Å². The van der Waals surface area contributed by atoms with E-state index in [-0.39, 0.29) is 5.97 Å². The summed E-state index contributed by atoms with van der Waals surface area (Å²) >= 11 is 0. The van der Waals surface area contributed by atoms with Crippen LogP contribution in [0.2, 0.25) is 0 Å². The number of rotatable bonds is 3. The average Bonchev–Trinajstić information content (AvgIpc) is 2.41. The first kappa shape index (κ1) is 13.3. The lowest BCUT2D eigenvalue weighted by Crippen LogP contribution is -2.35. The molecule has 0 unspecified atom stereocenters. The lowest BCUT2D eigenvalue weighted by atomic mass is 10.0. The van der Waals surface area contributed by atoms with Gasteiger partial charge in [-0.15, -0.1) is 0 Å². The molecule has 100 valence electrons. The van der Waals surface area contributed by atoms with E-state index in [1.54, 1.807) is 24.3 Å². The van der Waals surface area contributed by atoms with Crippen LogP contribution in [0.25, 0.3) is 0 Å². The Morgan fingerprint density at radius 2 is 1.58 bits per heavy atom. The van der Waals surface area contributed by atoms with Crippen LogP contribution in [-0.4, -0.2) is 24.1 Å². The van der Waals surface area contributed by atoms with Gasteiger partial charge in [0.05, 0.1) is 5.56 Å². The summed E-state index contributed by atoms with van der Waals surface area (Å²) in [5, 5.41) is 0. The molecule has 0 N–H and O–H groups in total. The second kappa shape index (κ2) is 6.18. The van der Waals surface area contributed by atoms with Crippen LogP contribution in [-0.2, 0) is 14.3 Å². The van der Waals surface area contributed by atoms with Crippen LogP contribution in [0.1, 0.15) is 30.1 Å². The Morgan fingerprint density at radius 3 is 2.16 bits per heavy atom. The fourth-order valence-electron chi connectivity index (χ4n) is 2.01. The molecule has 19 heavy (non-hydrogen) atoms. The SMILES string of the molecule is CC(=O)O[C@@H]1CC=CC[C@H]1OC(=O)c1ccccc1. The van der Waals surface area contributed by atoms with Crippen LogP contribution < -0.4 is 0 Å². The molecule has 0 saturated heterocycles. The third-order valence-electron chi connectivity index (χ3n) is 2.90. The highest BCUT2D eigenvalue weighted by atomic mass is 16.6. The van der Waals surface area contributed by atoms with Crippen molar-refractivity contribution in [2.75, 3.05) is 0 Å². The molecule has 0 radical (unpaired) electrons. The zero-order valence-corrected chi connectivity index (χ0v) is 10.7. The minimum Gasteiger partial charge on any atom is -0.458 e. The molecule has 0 amide bonds. The summed E-state index contributed by atoms with van der Waals surface area (Å²) in [6.45, 7) is 1.36. The van der Waals surface area contributed by atoms with Crippen molar-refractivity contribution in [3.63, 3.8) is 0 Å². The van der Waals surface area contributed by atoms with Gasteiger partial charge in [0.15, 0.2) is 0 Å². The summed E-state index contributed by atoms with van der Waals surface area (Å²) in [4.78, 5) is 23.0. The molecule has 0 saturated carbocycles. The first-order valence-electron chi connectivity index (χ1n) is 6.25. The molecule has 2 rings (SSSR count). The Kier molecular flexibility index (Phi) is 4.34. The monoisotopic (exact) mass is 260 g/mol. The summed E-state index contributed by atoms with van der Waals surface area (Å²) in [6, 6.07) is 8.79. The van der Waals surface area contributed by atoms with Crippen molar-refractivity contribution < 1.29 is 19.1 Å². The number of carbonyl (C=O) groups is 2. The molecule has 2 atom stereocenters. The Balaban J connectivity index is 2.02. The number of carbonyl (C=O) groups excluding carboxylic acids is 2. The summed E-state index contributed by atoms with van der Waals surface area (Å²) in [5.41, 5.74) is 0.499. The second-order valence-corrected chi connectivity index (χ2v) is 4.40. The first-order valence-corrected chi connectivity index (χ1v) is 6.25. The fraction of sp³-hybridized carbons (Fsp3) is 0.333. The number of ether oxygens (including phenoxy) is 2. The van der Waals surface area contributed by atoms with Crippen LogP contribution in [0.5, 0.6) is 0 Å². The van der Waals surface area contributed by atoms with Gasteiger partial charge in [-0.2, -0.15) is 0 Å². The van der Waals surface area contributed by atoms with Gasteiger partial charge in [0.1, 0.15) is 12.2 Å². The fourth-order valence-corrected chi connectivity index (χ4v) is 2.01. The predicted octanol–water partition coefficient (Wildman–Crippen LogP) is 2.49. The number of hydrogen-bond donors (Lipinski definition) is 0. The van der Waals surface area contributed by atoms with Crippen molar-refractivity contribution in [1.82, 2.24) is 0 Å². The third kappa shape index (κ3) is 3.68. The highest BCUT2D eigenvalue weighted by molar-refractivity contribution is 5.89. The van der Waals surface area contributed by atoms with Gasteiger partial charge in [-0.05, 0) is 12.1 Å². The summed E-state index contributed by atoms with van der Waals surface area (Å²) < 4.78 is 10.6. The molecule has 1 aliphatic rings. The minimum absolute atomic E-state index is 0.360. The van der Waals surface area contributed by atoms with Crippen LogP contribution in [0.15, 0.2) is 42.5 Å². The molecule has 0 fully saturated rings. The molecule has 4 heteroatoms. The molecule has 0 heterocycles. The molecule has 1 aromatic rings. The predicted molar refractivity (Wildman–Crippen MR) is 69.6 cm³/mol. The third-order valence-corrected chi connectivity index (χ3v) is 2.90. The topological polar surface area (TPSA) is 52.6 Å². The molecule has 1 aromatic carbocycles. The molecule has 1 aliphatic carbocycles. The quantitative estimate of drug-likeness (QED) is 0.619. The number of esters is 2. The molecule has 0 aromatic heterocycles. The van der Waals surface area contributed by atoms with E-state index < -0.39 is 18.2 Å². The Labute approximate surface area is 112 Å². The standard InChI is InChI=1S/C15H16O4/c1-11(16)18-13-9-5-6-10-14(13)19-15(17)12-7-3-2-4-8-12/h2-8,13-14H,9-10H2,1H3/t13-,14-/m1/s1. The Hall–Kier alpha value is -2.10. The maximum Gasteiger partial charge on any atom is 0.338 e. The van der Waals surface area contributed by atoms with Crippen LogP contribution >= 0.6 is 0 Å². The lowest BCUT2D eigenvalue weighted by molar-refractivity contribution is -0.152. The zero-order valence-electron chi connectivity index (χ0n) is 10.7. The van der Waals surface area contributed by atoms with Gasteiger partial charge in [-0.3, -0.25) is 4.79 Å². The van der Waals surface area contributed by atoms with Crippen LogP contribution in [0.3, 0.4) is 0 Å². The smallest absolute Gasteiger partial charge is 0.338 e. The van der Waals surface area contributed by atoms with E-state index in [4.69, 9.17) is 9.47 Å². The minimum atomic E-state index is -0.415. The average molecular weight is 260 g/mol. The highest BCUT2D eigenvalue weighted by Crippen LogP contribution is 2.20. The summed E-state index contributed by atoms with van der Waals surface area (Å²) in [6.07, 6.45) is 4.20. The van der Waals surface area contributed by atoms with E-state index >= 15 is 0 Å². The Bertz CT molecular complexity index is 478. The van der Waals surface area contributed by atoms with Gasteiger partial charge in [0, 0.05) is 19.8 Å². The van der Waals surface area contributed by atoms with E-state index in [0.29, 0.717) is 18.4 Å². The normalized spacial score (nSPS) is 21.7. The van der Waals surface area contributed by atoms with Crippen molar-refractivity contribution >= 4 is 11.9 Å². The van der Waals surface area contributed by atoms with Crippen molar-refractivity contribution in [3.05, 3.63) is 48.0 Å². The molecule has 4 nitrogen and oxygen atoms in total. The van der Waals surface area contributed by atoms with E-state index in [1.807, 2.05) is 18.2 Å². The molecular formula is C15H16O4. The van der Waals surface area contributed by atoms with Crippen LogP contribution in [0.4, 0.5) is 0 Å². The lowest BCUT2D eigenvalue weighted by Gasteiger charge is -2.27. The summed E-state index contributed by atoms with van der Waals surface area (Å²) in [5.74, 6) is -0.751. The van der Waals surface area contributed by atoms with E-state index in [9.17, 15) is 9.59 Å². The van der Waals surface area contributed by atoms with Crippen molar-refractivity contribution in [2.24, 2.45) is 0 Å². The highest BCUT2D eigenvalue weighted by Gasteiger charge is 2.28. The van der Waals surface area contributed by atoms with Crippen molar-refractivity contribution in [3.8, 4) is 0 Å². The summed E-state index contributed by atoms with van der Waals surface area (Å²) in [7, 11) is 0. The maximum absolute atomic E-state index is 12.0. The second-order valence-electron chi connectivity index (χ2n) is 4.40. The van der Waals surface area contributed by atoms with Gasteiger partial charge in [0.2, 0.25) is 0 Å². The Morgan fingerprint density at radius 1 is 1.00 bits per heavy atom. The van der Waals surface area contributed by atoms with Gasteiger partial charge in [-0.25, -0.2) is 4.79 Å². The molecule has 0 aliphatic heterocycles. The number of benzene rings is 1. The largest absolute Gasteiger partial charge is 0.458 e. The van der Waals surface area contributed by atoms with Gasteiger partial charge >= 0.3 is 11.9 Å². The van der Waals surface area contributed by atoms with E-state index in [1.165, 1.54) is 6.92 Å². The molecule has 0 bridgehead atoms. The van der Waals surface area contributed by atoms with Gasteiger partial charge < -0.3 is 9.47 Å². The van der Waals surface area contributed by atoms with Crippen molar-refractivity contribution in [1.29, 1.82) is 0 Å². The van der Waals surface area contributed by atoms with E-state index in [2.05, 4.69) is 0 Å². The maximum atomic E-state index is 12.0. The van der Waals surface area contributed by atoms with Crippen LogP contribution in [0, 0.1) is 0 Å². The van der Waals surface area contributed by atoms with E-state index in [0.717, 1.165) is 0 Å². The molecular weight excluding hydrogens is 244 g/mol. The first-order chi connectivity index (χ1) is 9.16. The van der Waals surface area contributed by atoms with Gasteiger partial charge in [-0.1, -0.05) is 30.4 Å². The molecule has 0 spiro atoms.